The number of rotatable bonds is 14. The molecule has 0 saturated heterocycles. The van der Waals surface area contributed by atoms with E-state index in [9.17, 15) is 35.1 Å². The molecule has 1 aromatic heterocycles. The van der Waals surface area contributed by atoms with Crippen molar-refractivity contribution in [2.45, 2.75) is 64.4 Å². The van der Waals surface area contributed by atoms with Crippen molar-refractivity contribution < 1.29 is 39.9 Å². The van der Waals surface area contributed by atoms with Gasteiger partial charge in [0.2, 0.25) is 0 Å². The lowest BCUT2D eigenvalue weighted by Crippen LogP contribution is -2.25. The molecule has 0 N–H and O–H groups in total. The molecule has 0 fully saturated rings. The van der Waals surface area contributed by atoms with Crippen LogP contribution in [-0.2, 0) is 25.4 Å². The maximum Gasteiger partial charge on any atom is 0.432 e. The van der Waals surface area contributed by atoms with Crippen molar-refractivity contribution in [2.75, 3.05) is 0 Å². The Balaban J connectivity index is 1.15. The van der Waals surface area contributed by atoms with Gasteiger partial charge in [0.1, 0.15) is 28.8 Å². The molecule has 0 aliphatic heterocycles. The predicted octanol–water partition coefficient (Wildman–Crippen LogP) is 11.1. The first-order valence-corrected chi connectivity index (χ1v) is 15.8. The molecule has 0 aliphatic rings. The van der Waals surface area contributed by atoms with E-state index in [4.69, 9.17) is 0 Å². The Morgan fingerprint density at radius 3 is 1.73 bits per heavy atom. The van der Waals surface area contributed by atoms with Gasteiger partial charge in [-0.25, -0.2) is 36.3 Å². The number of aromatic nitrogens is 2. The van der Waals surface area contributed by atoms with Crippen molar-refractivity contribution in [3.63, 3.8) is 0 Å². The van der Waals surface area contributed by atoms with Crippen LogP contribution < -0.4 is 4.74 Å². The van der Waals surface area contributed by atoms with E-state index in [1.807, 2.05) is 36.7 Å². The van der Waals surface area contributed by atoms with Crippen molar-refractivity contribution in [1.29, 1.82) is 0 Å². The van der Waals surface area contributed by atoms with E-state index < -0.39 is 52.3 Å². The number of alkyl halides is 2. The minimum Gasteiger partial charge on any atom is -0.429 e. The first-order chi connectivity index (χ1) is 23.4. The second kappa shape index (κ2) is 15.6. The first kappa shape index (κ1) is 35.5. The zero-order valence-electron chi connectivity index (χ0n) is 26.5. The summed E-state index contributed by atoms with van der Waals surface area (Å²) in [7, 11) is 0. The fourth-order valence-corrected chi connectivity index (χ4v) is 5.44. The Hall–Kier alpha value is -4.80. The molecule has 0 radical (unpaired) electrons. The highest BCUT2D eigenvalue weighted by Crippen LogP contribution is 2.36. The van der Waals surface area contributed by atoms with Crippen LogP contribution in [0, 0.1) is 34.9 Å². The number of hydrogen-bond donors (Lipinski definition) is 0. The summed E-state index contributed by atoms with van der Waals surface area (Å²) in [4.78, 5) is 8.96. The molecule has 0 atom stereocenters. The fourth-order valence-electron chi connectivity index (χ4n) is 5.44. The minimum absolute atomic E-state index is 0.0704. The minimum atomic E-state index is -4.66. The van der Waals surface area contributed by atoms with Gasteiger partial charge in [0, 0.05) is 30.1 Å². The van der Waals surface area contributed by atoms with Crippen LogP contribution in [-0.4, -0.2) is 9.97 Å². The van der Waals surface area contributed by atoms with E-state index in [0.717, 1.165) is 42.4 Å². The van der Waals surface area contributed by atoms with Crippen LogP contribution >= 0.6 is 0 Å². The summed E-state index contributed by atoms with van der Waals surface area (Å²) in [5, 5.41) is 0. The summed E-state index contributed by atoms with van der Waals surface area (Å²) < 4.78 is 117. The highest BCUT2D eigenvalue weighted by atomic mass is 19.3. The molecule has 3 nitrogen and oxygen atoms in total. The van der Waals surface area contributed by atoms with Crippen LogP contribution in [0.2, 0.25) is 0 Å². The number of hydrogen-bond acceptors (Lipinski definition) is 3. The summed E-state index contributed by atoms with van der Waals surface area (Å²) in [5.74, 6) is -9.77. The van der Waals surface area contributed by atoms with Crippen molar-refractivity contribution in [2.24, 2.45) is 0 Å². The maximum absolute atomic E-state index is 15.0. The molecular formula is C38H32F8N2O. The lowest BCUT2D eigenvalue weighted by atomic mass is 9.98. The van der Waals surface area contributed by atoms with Crippen molar-refractivity contribution >= 4 is 0 Å². The number of aryl methyl sites for hydroxylation is 3. The molecule has 49 heavy (non-hydrogen) atoms. The second-order valence-electron chi connectivity index (χ2n) is 11.7. The lowest BCUT2D eigenvalue weighted by molar-refractivity contribution is -0.189. The molecule has 0 amide bonds. The van der Waals surface area contributed by atoms with E-state index in [-0.39, 0.29) is 24.1 Å². The third kappa shape index (κ3) is 8.82. The van der Waals surface area contributed by atoms with Gasteiger partial charge in [-0.1, -0.05) is 56.2 Å². The third-order valence-corrected chi connectivity index (χ3v) is 8.06. The average Bonchev–Trinajstić information content (AvgIpc) is 3.06. The van der Waals surface area contributed by atoms with E-state index in [2.05, 4.69) is 21.6 Å². The van der Waals surface area contributed by atoms with Gasteiger partial charge >= 0.3 is 6.11 Å². The Morgan fingerprint density at radius 1 is 0.571 bits per heavy atom. The van der Waals surface area contributed by atoms with Gasteiger partial charge in [0.25, 0.3) is 0 Å². The molecule has 0 saturated carbocycles. The Bertz CT molecular complexity index is 1850. The lowest BCUT2D eigenvalue weighted by Gasteiger charge is -2.20. The van der Waals surface area contributed by atoms with Crippen LogP contribution in [0.3, 0.4) is 0 Å². The zero-order chi connectivity index (χ0) is 35.1. The number of nitrogens with zero attached hydrogens (tertiary/aromatic N) is 2. The Morgan fingerprint density at radius 2 is 1.12 bits per heavy atom. The van der Waals surface area contributed by atoms with Gasteiger partial charge in [-0.15, -0.1) is 0 Å². The summed E-state index contributed by atoms with van der Waals surface area (Å²) in [6, 6.07) is 14.1. The number of halogens is 8. The summed E-state index contributed by atoms with van der Waals surface area (Å²) in [6.45, 7) is 2.16. The molecule has 4 aromatic carbocycles. The highest BCUT2D eigenvalue weighted by Gasteiger charge is 2.41. The molecule has 5 rings (SSSR count). The smallest absolute Gasteiger partial charge is 0.429 e. The zero-order valence-corrected chi connectivity index (χ0v) is 26.5. The van der Waals surface area contributed by atoms with Crippen LogP contribution in [0.5, 0.6) is 5.75 Å². The van der Waals surface area contributed by atoms with Gasteiger partial charge in [0.15, 0.2) is 23.3 Å². The van der Waals surface area contributed by atoms with Gasteiger partial charge in [0.05, 0.1) is 0 Å². The highest BCUT2D eigenvalue weighted by molar-refractivity contribution is 5.68. The van der Waals surface area contributed by atoms with Crippen molar-refractivity contribution in [3.05, 3.63) is 136 Å². The molecule has 256 valence electrons. The number of benzene rings is 4. The molecular weight excluding hydrogens is 652 g/mol. The topological polar surface area (TPSA) is 35.0 Å². The Labute approximate surface area is 278 Å². The van der Waals surface area contributed by atoms with Crippen LogP contribution in [0.4, 0.5) is 35.1 Å². The number of ether oxygens (including phenoxy) is 1. The summed E-state index contributed by atoms with van der Waals surface area (Å²) in [5.41, 5.74) is 2.19. The van der Waals surface area contributed by atoms with Crippen LogP contribution in [0.25, 0.3) is 22.5 Å². The van der Waals surface area contributed by atoms with E-state index >= 15 is 0 Å². The van der Waals surface area contributed by atoms with E-state index in [1.54, 1.807) is 12.1 Å². The van der Waals surface area contributed by atoms with E-state index in [0.29, 0.717) is 48.3 Å². The summed E-state index contributed by atoms with van der Waals surface area (Å²) in [6.07, 6.45) is 4.62. The van der Waals surface area contributed by atoms with E-state index in [1.165, 1.54) is 6.07 Å². The quantitative estimate of drug-likeness (QED) is 0.0663. The van der Waals surface area contributed by atoms with Crippen LogP contribution in [0.1, 0.15) is 61.3 Å². The molecule has 0 aliphatic carbocycles. The third-order valence-electron chi connectivity index (χ3n) is 8.06. The largest absolute Gasteiger partial charge is 0.432 e. The van der Waals surface area contributed by atoms with Gasteiger partial charge in [-0.3, -0.25) is 0 Å². The predicted molar refractivity (Wildman–Crippen MR) is 170 cm³/mol. The maximum atomic E-state index is 15.0. The molecule has 0 bridgehead atoms. The van der Waals surface area contributed by atoms with Crippen molar-refractivity contribution in [3.8, 4) is 28.3 Å². The standard InChI is InChI=1S/C38H32F8N2O/c1-2-3-4-8-24-21-47-37(48-22-24)27-13-10-25(11-14-27)28-15-12-26(30(39)18-28)9-6-5-7-23-16-31(40)35(32(41)17-23)38(45,46)49-29-19-33(42)36(44)34(43)20-29/h10-22H,2-9H2,1H3. The average molecular weight is 685 g/mol. The van der Waals surface area contributed by atoms with Gasteiger partial charge in [-0.2, -0.15) is 8.78 Å². The van der Waals surface area contributed by atoms with Gasteiger partial charge < -0.3 is 4.74 Å². The van der Waals surface area contributed by atoms with Crippen LogP contribution in [0.15, 0.2) is 79.1 Å². The molecule has 0 spiro atoms. The fraction of sp³-hybridized carbons (Fsp3) is 0.263. The van der Waals surface area contributed by atoms with Gasteiger partial charge in [-0.05, 0) is 84.5 Å². The molecule has 5 aromatic rings. The molecule has 0 unspecified atom stereocenters. The molecule has 11 heteroatoms. The first-order valence-electron chi connectivity index (χ1n) is 15.8. The Kier molecular flexibility index (Phi) is 11.3. The monoisotopic (exact) mass is 684 g/mol. The number of unbranched alkanes of at least 4 members (excludes halogenated alkanes) is 3. The SMILES string of the molecule is CCCCCc1cnc(-c2ccc(-c3ccc(CCCCc4cc(F)c(C(F)(F)Oc5cc(F)c(F)c(F)c5)c(F)c4)c(F)c3)cc2)nc1. The molecule has 1 heterocycles. The van der Waals surface area contributed by atoms with Crippen molar-refractivity contribution in [1.82, 2.24) is 9.97 Å². The summed E-state index contributed by atoms with van der Waals surface area (Å²) >= 11 is 0. The second-order valence-corrected chi connectivity index (χ2v) is 11.7. The normalized spacial score (nSPS) is 11.6.